The Balaban J connectivity index is 1.96. The first-order valence-corrected chi connectivity index (χ1v) is 6.30. The number of nitrogens with zero attached hydrogens (tertiary/aromatic N) is 1. The van der Waals surface area contributed by atoms with Crippen LogP contribution in [0.4, 0.5) is 8.78 Å². The first-order chi connectivity index (χ1) is 9.15. The van der Waals surface area contributed by atoms with E-state index in [1.807, 2.05) is 4.57 Å². The summed E-state index contributed by atoms with van der Waals surface area (Å²) in [4.78, 5) is 11.7. The van der Waals surface area contributed by atoms with Crippen LogP contribution in [0.3, 0.4) is 0 Å². The number of fused-ring (bicyclic) bond motifs is 1. The van der Waals surface area contributed by atoms with Gasteiger partial charge in [0.25, 0.3) is 0 Å². The second-order valence-electron chi connectivity index (χ2n) is 4.82. The normalized spacial score (nSPS) is 14.5. The predicted molar refractivity (Wildman–Crippen MR) is 67.2 cm³/mol. The second-order valence-corrected chi connectivity index (χ2v) is 4.82. The van der Waals surface area contributed by atoms with Crippen LogP contribution in [0.2, 0.25) is 0 Å². The molecule has 2 nitrogen and oxygen atoms in total. The van der Waals surface area contributed by atoms with E-state index in [9.17, 15) is 13.6 Å². The number of halogens is 2. The zero-order valence-corrected chi connectivity index (χ0v) is 10.3. The van der Waals surface area contributed by atoms with Crippen molar-refractivity contribution in [1.29, 1.82) is 0 Å². The van der Waals surface area contributed by atoms with E-state index >= 15 is 0 Å². The number of hydrogen-bond acceptors (Lipinski definition) is 1. The Kier molecular flexibility index (Phi) is 2.93. The average Bonchev–Trinajstić information content (AvgIpc) is 2.79. The third kappa shape index (κ3) is 2.18. The molecule has 2 aromatic rings. The first kappa shape index (κ1) is 12.1. The summed E-state index contributed by atoms with van der Waals surface area (Å²) < 4.78 is 28.6. The Morgan fingerprint density at radius 1 is 1.16 bits per heavy atom. The number of carbonyl (C=O) groups excluding carboxylic acids is 1. The molecule has 98 valence electrons. The van der Waals surface area contributed by atoms with Crippen molar-refractivity contribution in [2.75, 3.05) is 0 Å². The van der Waals surface area contributed by atoms with Crippen molar-refractivity contribution in [2.24, 2.45) is 0 Å². The van der Waals surface area contributed by atoms with E-state index in [0.717, 1.165) is 36.2 Å². The standard InChI is InChI=1S/C15H13F2NO/c16-11-4-5-13(17)10(8-11)9-18-7-6-12-14(18)2-1-3-15(12)19/h4-8H,1-3,9H2. The van der Waals surface area contributed by atoms with Gasteiger partial charge in [0.2, 0.25) is 0 Å². The van der Waals surface area contributed by atoms with Gasteiger partial charge in [0.15, 0.2) is 5.78 Å². The Morgan fingerprint density at radius 3 is 2.84 bits per heavy atom. The third-order valence-electron chi connectivity index (χ3n) is 3.55. The smallest absolute Gasteiger partial charge is 0.164 e. The first-order valence-electron chi connectivity index (χ1n) is 6.30. The lowest BCUT2D eigenvalue weighted by Crippen LogP contribution is -2.14. The number of ketones is 1. The Hall–Kier alpha value is -1.97. The fraction of sp³-hybridized carbons (Fsp3) is 0.267. The molecule has 0 saturated heterocycles. The van der Waals surface area contributed by atoms with Gasteiger partial charge in [-0.3, -0.25) is 4.79 Å². The molecule has 4 heteroatoms. The molecule has 0 amide bonds. The lowest BCUT2D eigenvalue weighted by atomic mass is 9.97. The molecule has 0 fully saturated rings. The van der Waals surface area contributed by atoms with Crippen molar-refractivity contribution in [3.8, 4) is 0 Å². The highest BCUT2D eigenvalue weighted by molar-refractivity contribution is 5.98. The Bertz CT molecular complexity index is 646. The largest absolute Gasteiger partial charge is 0.346 e. The summed E-state index contributed by atoms with van der Waals surface area (Å²) in [5, 5.41) is 0. The van der Waals surface area contributed by atoms with Gasteiger partial charge in [0.05, 0.1) is 6.54 Å². The minimum atomic E-state index is -0.450. The zero-order valence-electron chi connectivity index (χ0n) is 10.3. The molecule has 0 unspecified atom stereocenters. The molecule has 1 aliphatic rings. The number of benzene rings is 1. The SMILES string of the molecule is O=C1CCCc2c1ccn2Cc1cc(F)ccc1F. The van der Waals surface area contributed by atoms with Crippen LogP contribution in [-0.4, -0.2) is 10.4 Å². The number of hydrogen-bond donors (Lipinski definition) is 0. The van der Waals surface area contributed by atoms with Gasteiger partial charge < -0.3 is 4.57 Å². The van der Waals surface area contributed by atoms with Gasteiger partial charge >= 0.3 is 0 Å². The van der Waals surface area contributed by atoms with Gasteiger partial charge in [-0.25, -0.2) is 8.78 Å². The van der Waals surface area contributed by atoms with Crippen LogP contribution in [0, 0.1) is 11.6 Å². The Morgan fingerprint density at radius 2 is 2.00 bits per heavy atom. The van der Waals surface area contributed by atoms with Crippen LogP contribution < -0.4 is 0 Å². The van der Waals surface area contributed by atoms with Crippen LogP contribution in [0.25, 0.3) is 0 Å². The van der Waals surface area contributed by atoms with Crippen LogP contribution in [-0.2, 0) is 13.0 Å². The Labute approximate surface area is 109 Å². The van der Waals surface area contributed by atoms with Gasteiger partial charge in [-0.15, -0.1) is 0 Å². The molecular formula is C15H13F2NO. The van der Waals surface area contributed by atoms with Gasteiger partial charge in [0, 0.05) is 29.4 Å². The summed E-state index contributed by atoms with van der Waals surface area (Å²) in [6, 6.07) is 5.21. The molecule has 1 aliphatic carbocycles. The highest BCUT2D eigenvalue weighted by Gasteiger charge is 2.20. The highest BCUT2D eigenvalue weighted by atomic mass is 19.1. The molecule has 1 aromatic heterocycles. The van der Waals surface area contributed by atoms with Gasteiger partial charge in [0.1, 0.15) is 11.6 Å². The highest BCUT2D eigenvalue weighted by Crippen LogP contribution is 2.23. The maximum atomic E-state index is 13.6. The predicted octanol–water partition coefficient (Wildman–Crippen LogP) is 3.33. The third-order valence-corrected chi connectivity index (χ3v) is 3.55. The van der Waals surface area contributed by atoms with Crippen LogP contribution in [0.5, 0.6) is 0 Å². The molecule has 0 bridgehead atoms. The summed E-state index contributed by atoms with van der Waals surface area (Å²) in [6.07, 6.45) is 3.98. The van der Waals surface area contributed by atoms with Gasteiger partial charge in [-0.05, 0) is 37.1 Å². The molecule has 0 spiro atoms. The van der Waals surface area contributed by atoms with Crippen molar-refractivity contribution in [3.63, 3.8) is 0 Å². The summed E-state index contributed by atoms with van der Waals surface area (Å²) in [5.74, 6) is -0.737. The molecule has 0 radical (unpaired) electrons. The van der Waals surface area contributed by atoms with Crippen molar-refractivity contribution in [2.45, 2.75) is 25.8 Å². The van der Waals surface area contributed by atoms with Crippen LogP contribution in [0.1, 0.15) is 34.5 Å². The lowest BCUT2D eigenvalue weighted by molar-refractivity contribution is 0.0972. The maximum absolute atomic E-state index is 13.6. The fourth-order valence-corrected chi connectivity index (χ4v) is 2.58. The molecule has 1 aromatic carbocycles. The van der Waals surface area contributed by atoms with Crippen molar-refractivity contribution in [3.05, 3.63) is 58.9 Å². The van der Waals surface area contributed by atoms with E-state index in [0.29, 0.717) is 12.0 Å². The average molecular weight is 261 g/mol. The summed E-state index contributed by atoms with van der Waals surface area (Å²) in [6.45, 7) is 0.256. The minimum Gasteiger partial charge on any atom is -0.346 e. The molecule has 0 atom stereocenters. The monoisotopic (exact) mass is 261 g/mol. The molecule has 1 heterocycles. The molecule has 0 aliphatic heterocycles. The molecule has 19 heavy (non-hydrogen) atoms. The number of rotatable bonds is 2. The molecule has 3 rings (SSSR count). The molecular weight excluding hydrogens is 248 g/mol. The topological polar surface area (TPSA) is 22.0 Å². The molecule has 0 N–H and O–H groups in total. The number of aromatic nitrogens is 1. The number of Topliss-reactive ketones (excluding diaryl/α,β-unsaturated/α-hetero) is 1. The molecule has 0 saturated carbocycles. The van der Waals surface area contributed by atoms with E-state index in [1.165, 1.54) is 6.07 Å². The van der Waals surface area contributed by atoms with Crippen molar-refractivity contribution >= 4 is 5.78 Å². The van der Waals surface area contributed by atoms with E-state index in [-0.39, 0.29) is 12.3 Å². The minimum absolute atomic E-state index is 0.139. The van der Waals surface area contributed by atoms with E-state index < -0.39 is 11.6 Å². The van der Waals surface area contributed by atoms with Crippen molar-refractivity contribution in [1.82, 2.24) is 4.57 Å². The van der Waals surface area contributed by atoms with Crippen LogP contribution in [0.15, 0.2) is 30.5 Å². The quantitative estimate of drug-likeness (QED) is 0.812. The summed E-state index contributed by atoms with van der Waals surface area (Å²) in [7, 11) is 0. The van der Waals surface area contributed by atoms with Gasteiger partial charge in [-0.2, -0.15) is 0 Å². The fourth-order valence-electron chi connectivity index (χ4n) is 2.58. The van der Waals surface area contributed by atoms with Crippen molar-refractivity contribution < 1.29 is 13.6 Å². The van der Waals surface area contributed by atoms with E-state index in [4.69, 9.17) is 0 Å². The number of carbonyl (C=O) groups is 1. The summed E-state index contributed by atoms with van der Waals surface area (Å²) in [5.41, 5.74) is 1.96. The van der Waals surface area contributed by atoms with Gasteiger partial charge in [-0.1, -0.05) is 0 Å². The summed E-state index contributed by atoms with van der Waals surface area (Å²) >= 11 is 0. The van der Waals surface area contributed by atoms with Crippen LogP contribution >= 0.6 is 0 Å². The van der Waals surface area contributed by atoms with E-state index in [2.05, 4.69) is 0 Å². The second kappa shape index (κ2) is 4.61. The zero-order chi connectivity index (χ0) is 13.4. The van der Waals surface area contributed by atoms with E-state index in [1.54, 1.807) is 12.3 Å². The lowest BCUT2D eigenvalue weighted by Gasteiger charge is -2.15. The maximum Gasteiger partial charge on any atom is 0.164 e.